The Morgan fingerprint density at radius 2 is 1.35 bits per heavy atom. The molecule has 0 amide bonds. The second kappa shape index (κ2) is 13.0. The average Bonchev–Trinajstić information content (AvgIpc) is 2.35. The molecule has 0 bridgehead atoms. The van der Waals surface area contributed by atoms with Crippen LogP contribution in [0.2, 0.25) is 15.8 Å². The molecule has 0 heterocycles. The van der Waals surface area contributed by atoms with Gasteiger partial charge in [0.1, 0.15) is 0 Å². The Kier molecular flexibility index (Phi) is 13.4. The lowest BCUT2D eigenvalue weighted by atomic mass is 10.00. The summed E-state index contributed by atoms with van der Waals surface area (Å²) in [4.78, 5) is 0. The SMILES string of the molecule is CCCCCCCCC(C)C[CH2][Al]([CH2]C)[CH2]C. The van der Waals surface area contributed by atoms with Crippen LogP contribution in [-0.2, 0) is 0 Å². The Bertz CT molecular complexity index is 140. The second-order valence-corrected chi connectivity index (χ2v) is 9.86. The van der Waals surface area contributed by atoms with Crippen LogP contribution in [0.5, 0.6) is 0 Å². The summed E-state index contributed by atoms with van der Waals surface area (Å²) in [5.41, 5.74) is 0. The lowest BCUT2D eigenvalue weighted by molar-refractivity contribution is 0.470. The van der Waals surface area contributed by atoms with Gasteiger partial charge in [0.05, 0.1) is 0 Å². The van der Waals surface area contributed by atoms with Crippen molar-refractivity contribution in [3.05, 3.63) is 0 Å². The van der Waals surface area contributed by atoms with Gasteiger partial charge in [-0.3, -0.25) is 0 Å². The molecule has 0 N–H and O–H groups in total. The van der Waals surface area contributed by atoms with E-state index < -0.39 is 0 Å². The van der Waals surface area contributed by atoms with Gasteiger partial charge in [0.15, 0.2) is 0 Å². The minimum atomic E-state index is -0.305. The van der Waals surface area contributed by atoms with Crippen molar-refractivity contribution in [1.29, 1.82) is 0 Å². The van der Waals surface area contributed by atoms with Gasteiger partial charge in [-0.25, -0.2) is 0 Å². The largest absolute Gasteiger partial charge is 0.261 e. The van der Waals surface area contributed by atoms with Crippen LogP contribution < -0.4 is 0 Å². The standard InChI is InChI=1S/C12H25.2C2H5.Al/c1-4-6-7-8-9-10-11-12(3)5-2;2*1-2;/h12H,2,4-11H2,1,3H3;2*1H2,2H3;. The van der Waals surface area contributed by atoms with E-state index in [1.54, 1.807) is 5.28 Å². The Morgan fingerprint density at radius 3 is 1.94 bits per heavy atom. The minimum absolute atomic E-state index is 0.305. The van der Waals surface area contributed by atoms with E-state index in [-0.39, 0.29) is 14.1 Å². The fraction of sp³-hybridized carbons (Fsp3) is 1.00. The molecule has 102 valence electrons. The van der Waals surface area contributed by atoms with Gasteiger partial charge in [-0.1, -0.05) is 94.9 Å². The lowest BCUT2D eigenvalue weighted by Gasteiger charge is -2.13. The lowest BCUT2D eigenvalue weighted by Crippen LogP contribution is -2.10. The molecule has 0 saturated carbocycles. The highest BCUT2D eigenvalue weighted by Gasteiger charge is 2.12. The van der Waals surface area contributed by atoms with Gasteiger partial charge in [0, 0.05) is 0 Å². The van der Waals surface area contributed by atoms with Crippen LogP contribution >= 0.6 is 0 Å². The van der Waals surface area contributed by atoms with Crippen molar-refractivity contribution in [1.82, 2.24) is 0 Å². The molecule has 0 aromatic carbocycles. The summed E-state index contributed by atoms with van der Waals surface area (Å²) < 4.78 is 0. The van der Waals surface area contributed by atoms with E-state index in [9.17, 15) is 0 Å². The zero-order chi connectivity index (χ0) is 12.9. The molecular weight excluding hydrogens is 219 g/mol. The third-order valence-corrected chi connectivity index (χ3v) is 7.73. The molecule has 0 nitrogen and oxygen atoms in total. The molecule has 1 heteroatoms. The van der Waals surface area contributed by atoms with Gasteiger partial charge >= 0.3 is 0 Å². The molecule has 0 aliphatic carbocycles. The number of rotatable bonds is 12. The summed E-state index contributed by atoms with van der Waals surface area (Å²) in [6.07, 6.45) is 11.7. The van der Waals surface area contributed by atoms with E-state index in [4.69, 9.17) is 0 Å². The van der Waals surface area contributed by atoms with Crippen molar-refractivity contribution in [3.63, 3.8) is 0 Å². The Balaban J connectivity index is 3.30. The predicted molar refractivity (Wildman–Crippen MR) is 83.3 cm³/mol. The summed E-state index contributed by atoms with van der Waals surface area (Å²) in [6.45, 7) is 9.57. The zero-order valence-corrected chi connectivity index (χ0v) is 14.1. The first-order valence-corrected chi connectivity index (χ1v) is 10.7. The quantitative estimate of drug-likeness (QED) is 0.283. The first-order valence-electron chi connectivity index (χ1n) is 8.24. The first-order chi connectivity index (χ1) is 8.24. The van der Waals surface area contributed by atoms with E-state index in [0.717, 1.165) is 5.92 Å². The molecule has 0 fully saturated rings. The third-order valence-electron chi connectivity index (χ3n) is 4.27. The molecule has 0 aromatic rings. The highest BCUT2D eigenvalue weighted by Crippen LogP contribution is 2.19. The number of hydrogen-bond acceptors (Lipinski definition) is 0. The zero-order valence-electron chi connectivity index (χ0n) is 12.9. The van der Waals surface area contributed by atoms with Crippen LogP contribution in [0.25, 0.3) is 0 Å². The summed E-state index contributed by atoms with van der Waals surface area (Å²) in [7, 11) is 0. The molecule has 0 radical (unpaired) electrons. The molecular formula is C16H35Al. The number of unbranched alkanes of at least 4 members (excludes halogenated alkanes) is 5. The van der Waals surface area contributed by atoms with Gasteiger partial charge in [0.2, 0.25) is 0 Å². The van der Waals surface area contributed by atoms with Crippen LogP contribution in [0, 0.1) is 5.92 Å². The normalized spacial score (nSPS) is 12.7. The van der Waals surface area contributed by atoms with Gasteiger partial charge in [0.25, 0.3) is 14.1 Å². The Morgan fingerprint density at radius 1 is 0.765 bits per heavy atom. The van der Waals surface area contributed by atoms with Crippen LogP contribution in [0.1, 0.15) is 79.1 Å². The second-order valence-electron chi connectivity index (χ2n) is 5.92. The monoisotopic (exact) mass is 254 g/mol. The van der Waals surface area contributed by atoms with E-state index in [0.29, 0.717) is 0 Å². The van der Waals surface area contributed by atoms with Gasteiger partial charge in [-0.2, -0.15) is 0 Å². The van der Waals surface area contributed by atoms with Crippen molar-refractivity contribution in [2.75, 3.05) is 0 Å². The van der Waals surface area contributed by atoms with Gasteiger partial charge < -0.3 is 0 Å². The molecule has 0 aliphatic heterocycles. The van der Waals surface area contributed by atoms with Crippen molar-refractivity contribution in [2.45, 2.75) is 94.9 Å². The fourth-order valence-electron chi connectivity index (χ4n) is 2.63. The first kappa shape index (κ1) is 17.5. The maximum absolute atomic E-state index is 2.48. The summed E-state index contributed by atoms with van der Waals surface area (Å²) in [6, 6.07) is 0. The maximum atomic E-state index is 2.48. The van der Waals surface area contributed by atoms with Crippen molar-refractivity contribution < 1.29 is 0 Å². The highest BCUT2D eigenvalue weighted by atomic mass is 27.2. The predicted octanol–water partition coefficient (Wildman–Crippen LogP) is 6.30. The van der Waals surface area contributed by atoms with Gasteiger partial charge in [-0.15, -0.1) is 0 Å². The van der Waals surface area contributed by atoms with E-state index in [1.165, 1.54) is 61.9 Å². The minimum Gasteiger partial charge on any atom is -0.0967 e. The molecule has 0 aromatic heterocycles. The number of hydrogen-bond donors (Lipinski definition) is 0. The van der Waals surface area contributed by atoms with Crippen molar-refractivity contribution >= 4 is 14.1 Å². The molecule has 17 heavy (non-hydrogen) atoms. The Hall–Kier alpha value is 0.532. The fourth-order valence-corrected chi connectivity index (χ4v) is 5.07. The van der Waals surface area contributed by atoms with Crippen molar-refractivity contribution in [2.24, 2.45) is 5.92 Å². The Labute approximate surface area is 115 Å². The summed E-state index contributed by atoms with van der Waals surface area (Å²) in [5, 5.41) is 4.63. The van der Waals surface area contributed by atoms with Crippen LogP contribution in [-0.4, -0.2) is 14.1 Å². The molecule has 0 aliphatic rings. The summed E-state index contributed by atoms with van der Waals surface area (Å²) >= 11 is -0.305. The van der Waals surface area contributed by atoms with Crippen LogP contribution in [0.3, 0.4) is 0 Å². The highest BCUT2D eigenvalue weighted by molar-refractivity contribution is 6.58. The topological polar surface area (TPSA) is 0 Å². The molecule has 0 spiro atoms. The van der Waals surface area contributed by atoms with Crippen LogP contribution in [0.15, 0.2) is 0 Å². The third kappa shape index (κ3) is 11.4. The average molecular weight is 254 g/mol. The molecule has 0 rings (SSSR count). The summed E-state index contributed by atoms with van der Waals surface area (Å²) in [5.74, 6) is 0.995. The van der Waals surface area contributed by atoms with E-state index in [2.05, 4.69) is 27.7 Å². The molecule has 0 saturated heterocycles. The van der Waals surface area contributed by atoms with Gasteiger partial charge in [-0.05, 0) is 5.92 Å². The molecule has 1 atom stereocenters. The van der Waals surface area contributed by atoms with Crippen LogP contribution in [0.4, 0.5) is 0 Å². The van der Waals surface area contributed by atoms with Crippen molar-refractivity contribution in [3.8, 4) is 0 Å². The molecule has 1 unspecified atom stereocenters. The smallest absolute Gasteiger partial charge is 0.0967 e. The maximum Gasteiger partial charge on any atom is 0.261 e. The van der Waals surface area contributed by atoms with E-state index in [1.807, 2.05) is 0 Å². The van der Waals surface area contributed by atoms with E-state index >= 15 is 0 Å².